The highest BCUT2D eigenvalue weighted by Crippen LogP contribution is 2.39. The molecule has 2 aliphatic carbocycles. The number of ketones is 1. The van der Waals surface area contributed by atoms with Gasteiger partial charge in [-0.25, -0.2) is 4.79 Å². The third kappa shape index (κ3) is 1.67. The number of hydrogen-bond donors (Lipinski definition) is 1. The molecule has 0 aromatic heterocycles. The number of carbonyl (C=O) groups is 2. The van der Waals surface area contributed by atoms with Crippen LogP contribution in [0.5, 0.6) is 0 Å². The third-order valence-electron chi connectivity index (χ3n) is 3.85. The zero-order valence-electron chi connectivity index (χ0n) is 10.0. The Hall–Kier alpha value is -1.90. The lowest BCUT2D eigenvalue weighted by molar-refractivity contribution is -0.115. The van der Waals surface area contributed by atoms with Gasteiger partial charge in [0.25, 0.3) is 0 Å². The fourth-order valence-electron chi connectivity index (χ4n) is 2.98. The van der Waals surface area contributed by atoms with Crippen molar-refractivity contribution in [2.45, 2.75) is 32.1 Å². The first kappa shape index (κ1) is 11.2. The molecular weight excluding hydrogens is 228 g/mol. The van der Waals surface area contributed by atoms with Crippen molar-refractivity contribution in [2.75, 3.05) is 0 Å². The average Bonchev–Trinajstić information content (AvgIpc) is 2.80. The third-order valence-corrected chi connectivity index (χ3v) is 3.85. The Bertz CT molecular complexity index is 581. The van der Waals surface area contributed by atoms with Gasteiger partial charge < -0.3 is 5.11 Å². The molecule has 3 nitrogen and oxygen atoms in total. The molecule has 0 aliphatic heterocycles. The maximum absolute atomic E-state index is 12.0. The first-order valence-electron chi connectivity index (χ1n) is 6.28. The van der Waals surface area contributed by atoms with Crippen molar-refractivity contribution in [3.8, 4) is 0 Å². The molecule has 0 amide bonds. The van der Waals surface area contributed by atoms with Crippen molar-refractivity contribution in [3.05, 3.63) is 40.5 Å². The highest BCUT2D eigenvalue weighted by Gasteiger charge is 2.26. The van der Waals surface area contributed by atoms with Crippen LogP contribution in [0.1, 0.15) is 47.2 Å². The molecule has 0 fully saturated rings. The van der Waals surface area contributed by atoms with E-state index < -0.39 is 5.97 Å². The lowest BCUT2D eigenvalue weighted by Gasteiger charge is -2.09. The molecule has 92 valence electrons. The van der Waals surface area contributed by atoms with Gasteiger partial charge in [0.05, 0.1) is 5.56 Å². The summed E-state index contributed by atoms with van der Waals surface area (Å²) in [5, 5.41) is 9.02. The van der Waals surface area contributed by atoms with Crippen molar-refractivity contribution in [1.82, 2.24) is 0 Å². The van der Waals surface area contributed by atoms with E-state index in [2.05, 4.69) is 0 Å². The summed E-state index contributed by atoms with van der Waals surface area (Å²) in [4.78, 5) is 23.0. The van der Waals surface area contributed by atoms with Gasteiger partial charge in [0.1, 0.15) is 0 Å². The normalized spacial score (nSPS) is 18.3. The fraction of sp³-hybridized carbons (Fsp3) is 0.333. The van der Waals surface area contributed by atoms with Gasteiger partial charge in [-0.15, -0.1) is 0 Å². The molecule has 1 N–H and O–H groups in total. The van der Waals surface area contributed by atoms with E-state index in [1.54, 1.807) is 12.1 Å². The number of carboxylic acid groups (broad SMARTS) is 1. The maximum Gasteiger partial charge on any atom is 0.335 e. The van der Waals surface area contributed by atoms with E-state index in [0.29, 0.717) is 18.4 Å². The van der Waals surface area contributed by atoms with Gasteiger partial charge in [0, 0.05) is 6.42 Å². The van der Waals surface area contributed by atoms with Crippen LogP contribution in [0.4, 0.5) is 0 Å². The van der Waals surface area contributed by atoms with Crippen LogP contribution in [0.25, 0.3) is 5.57 Å². The van der Waals surface area contributed by atoms with Crippen molar-refractivity contribution in [2.24, 2.45) is 0 Å². The number of carboxylic acids is 1. The Morgan fingerprint density at radius 1 is 1.06 bits per heavy atom. The predicted octanol–water partition coefficient (Wildman–Crippen LogP) is 2.84. The molecule has 2 aliphatic rings. The van der Waals surface area contributed by atoms with E-state index in [1.165, 1.54) is 0 Å². The first-order valence-corrected chi connectivity index (χ1v) is 6.28. The molecular formula is C15H14O3. The summed E-state index contributed by atoms with van der Waals surface area (Å²) >= 11 is 0. The standard InChI is InChI=1S/C15H14O3/c16-14-7-5-9-8-10(15(17)18)4-6-11(9)12-2-1-3-13(12)14/h4,6,8H,1-3,5,7H2,(H,17,18). The highest BCUT2D eigenvalue weighted by atomic mass is 16.4. The van der Waals surface area contributed by atoms with E-state index >= 15 is 0 Å². The van der Waals surface area contributed by atoms with Crippen LogP contribution in [0.3, 0.4) is 0 Å². The minimum Gasteiger partial charge on any atom is -0.478 e. The molecule has 0 radical (unpaired) electrons. The molecule has 0 saturated carbocycles. The topological polar surface area (TPSA) is 54.4 Å². The van der Waals surface area contributed by atoms with Gasteiger partial charge in [-0.05, 0) is 60.1 Å². The quantitative estimate of drug-likeness (QED) is 0.823. The Morgan fingerprint density at radius 2 is 1.83 bits per heavy atom. The number of allylic oxidation sites excluding steroid dienone is 2. The van der Waals surface area contributed by atoms with Crippen molar-refractivity contribution >= 4 is 17.3 Å². The lowest BCUT2D eigenvalue weighted by atomic mass is 9.95. The Kier molecular flexibility index (Phi) is 2.54. The van der Waals surface area contributed by atoms with E-state index in [9.17, 15) is 9.59 Å². The van der Waals surface area contributed by atoms with Gasteiger partial charge in [-0.1, -0.05) is 6.07 Å². The van der Waals surface area contributed by atoms with E-state index in [1.807, 2.05) is 6.07 Å². The Balaban J connectivity index is 2.15. The van der Waals surface area contributed by atoms with Gasteiger partial charge in [-0.3, -0.25) is 4.79 Å². The molecule has 3 heteroatoms. The second-order valence-electron chi connectivity index (χ2n) is 4.91. The molecule has 0 atom stereocenters. The van der Waals surface area contributed by atoms with Gasteiger partial charge in [0.15, 0.2) is 5.78 Å². The molecule has 0 heterocycles. The predicted molar refractivity (Wildman–Crippen MR) is 67.5 cm³/mol. The minimum atomic E-state index is -0.908. The van der Waals surface area contributed by atoms with Crippen LogP contribution in [-0.4, -0.2) is 16.9 Å². The van der Waals surface area contributed by atoms with Crippen molar-refractivity contribution in [3.63, 3.8) is 0 Å². The Morgan fingerprint density at radius 3 is 2.61 bits per heavy atom. The monoisotopic (exact) mass is 242 g/mol. The second kappa shape index (κ2) is 4.09. The molecule has 1 aromatic rings. The number of Topliss-reactive ketones (excluding diaryl/α,β-unsaturated/α-hetero) is 1. The summed E-state index contributed by atoms with van der Waals surface area (Å²) in [7, 11) is 0. The van der Waals surface area contributed by atoms with E-state index in [0.717, 1.165) is 41.5 Å². The SMILES string of the molecule is O=C1CCc2cc(C(=O)O)ccc2C2=C1CCC2. The summed E-state index contributed by atoms with van der Waals surface area (Å²) in [5.74, 6) is -0.662. The van der Waals surface area contributed by atoms with Crippen LogP contribution < -0.4 is 0 Å². The highest BCUT2D eigenvalue weighted by molar-refractivity contribution is 6.05. The number of hydrogen-bond acceptors (Lipinski definition) is 2. The molecule has 0 saturated heterocycles. The van der Waals surface area contributed by atoms with Gasteiger partial charge in [-0.2, -0.15) is 0 Å². The van der Waals surface area contributed by atoms with Crippen molar-refractivity contribution in [1.29, 1.82) is 0 Å². The number of aromatic carboxylic acids is 1. The molecule has 1 aromatic carbocycles. The first-order chi connectivity index (χ1) is 8.66. The zero-order chi connectivity index (χ0) is 12.7. The van der Waals surface area contributed by atoms with Gasteiger partial charge >= 0.3 is 5.97 Å². The minimum absolute atomic E-state index is 0.246. The summed E-state index contributed by atoms with van der Waals surface area (Å²) < 4.78 is 0. The van der Waals surface area contributed by atoms with Crippen molar-refractivity contribution < 1.29 is 14.7 Å². The van der Waals surface area contributed by atoms with Crippen LogP contribution in [0.2, 0.25) is 0 Å². The van der Waals surface area contributed by atoms with E-state index in [4.69, 9.17) is 5.11 Å². The summed E-state index contributed by atoms with van der Waals surface area (Å²) in [6, 6.07) is 5.23. The molecule has 0 bridgehead atoms. The number of rotatable bonds is 1. The lowest BCUT2D eigenvalue weighted by Crippen LogP contribution is -2.01. The van der Waals surface area contributed by atoms with Crippen LogP contribution in [-0.2, 0) is 11.2 Å². The summed E-state index contributed by atoms with van der Waals surface area (Å²) in [6.45, 7) is 0. The second-order valence-corrected chi connectivity index (χ2v) is 4.91. The maximum atomic E-state index is 12.0. The van der Waals surface area contributed by atoms with Crippen LogP contribution in [0, 0.1) is 0 Å². The molecule has 0 spiro atoms. The van der Waals surface area contributed by atoms with Gasteiger partial charge in [0.2, 0.25) is 0 Å². The van der Waals surface area contributed by atoms with Crippen LogP contribution in [0.15, 0.2) is 23.8 Å². The molecule has 18 heavy (non-hydrogen) atoms. The fourth-order valence-corrected chi connectivity index (χ4v) is 2.98. The largest absolute Gasteiger partial charge is 0.478 e. The number of aryl methyl sites for hydroxylation is 1. The number of carbonyl (C=O) groups excluding carboxylic acids is 1. The smallest absolute Gasteiger partial charge is 0.335 e. The molecule has 3 rings (SSSR count). The number of benzene rings is 1. The summed E-state index contributed by atoms with van der Waals surface area (Å²) in [6.07, 6.45) is 4.03. The van der Waals surface area contributed by atoms with Crippen LogP contribution >= 0.6 is 0 Å². The number of fused-ring (bicyclic) bond motifs is 2. The molecule has 0 unspecified atom stereocenters. The Labute approximate surface area is 105 Å². The average molecular weight is 242 g/mol. The zero-order valence-corrected chi connectivity index (χ0v) is 10.0. The van der Waals surface area contributed by atoms with E-state index in [-0.39, 0.29) is 5.78 Å². The summed E-state index contributed by atoms with van der Waals surface area (Å²) in [5.41, 5.74) is 4.55.